The van der Waals surface area contributed by atoms with E-state index in [0.29, 0.717) is 42.1 Å². The fraction of sp³-hybridized carbons (Fsp3) is 0.478. The summed E-state index contributed by atoms with van der Waals surface area (Å²) in [6.45, 7) is 10.3. The Balaban J connectivity index is 1.74. The van der Waals surface area contributed by atoms with Gasteiger partial charge in [0.05, 0.1) is 19.3 Å². The molecule has 2 aliphatic heterocycles. The van der Waals surface area contributed by atoms with Gasteiger partial charge in [-0.05, 0) is 43.4 Å². The average molecular weight is 477 g/mol. The molecule has 1 atom stereocenters. The topological polar surface area (TPSA) is 80.9 Å². The van der Waals surface area contributed by atoms with E-state index in [-0.39, 0.29) is 6.10 Å². The molecule has 2 aliphatic rings. The van der Waals surface area contributed by atoms with Crippen LogP contribution < -0.4 is 15.5 Å². The second kappa shape index (κ2) is 10.2. The average Bonchev–Trinajstić information content (AvgIpc) is 3.26. The van der Waals surface area contributed by atoms with E-state index in [1.54, 1.807) is 0 Å². The highest BCUT2D eigenvalue weighted by molar-refractivity contribution is 7.18. The fourth-order valence-electron chi connectivity index (χ4n) is 4.02. The van der Waals surface area contributed by atoms with Gasteiger partial charge in [0.15, 0.2) is 10.9 Å². The van der Waals surface area contributed by atoms with Crippen molar-refractivity contribution < 1.29 is 14.3 Å². The number of carbonyl (C=O) groups is 1. The Hall–Kier alpha value is -2.13. The molecular weight excluding hydrogens is 448 g/mol. The van der Waals surface area contributed by atoms with Gasteiger partial charge in [-0.15, -0.1) is 0 Å². The molecule has 4 rings (SSSR count). The van der Waals surface area contributed by atoms with Crippen molar-refractivity contribution in [3.8, 4) is 0 Å². The van der Waals surface area contributed by atoms with Crippen LogP contribution in [0.4, 0.5) is 10.9 Å². The minimum absolute atomic E-state index is 0.127. The monoisotopic (exact) mass is 476 g/mol. The second-order valence-corrected chi connectivity index (χ2v) is 9.45. The van der Waals surface area contributed by atoms with E-state index in [9.17, 15) is 4.79 Å². The Labute approximate surface area is 197 Å². The van der Waals surface area contributed by atoms with E-state index < -0.39 is 5.91 Å². The zero-order chi connectivity index (χ0) is 22.7. The Kier molecular flexibility index (Phi) is 7.35. The zero-order valence-corrected chi connectivity index (χ0v) is 19.9. The van der Waals surface area contributed by atoms with Crippen LogP contribution in [0.25, 0.3) is 0 Å². The van der Waals surface area contributed by atoms with Crippen LogP contribution in [0.2, 0.25) is 5.02 Å². The van der Waals surface area contributed by atoms with Crippen molar-refractivity contribution >= 4 is 39.8 Å². The van der Waals surface area contributed by atoms with Crippen molar-refractivity contribution in [2.75, 3.05) is 42.7 Å². The van der Waals surface area contributed by atoms with Crippen LogP contribution in [0.5, 0.6) is 0 Å². The highest BCUT2D eigenvalue weighted by atomic mass is 35.5. The Morgan fingerprint density at radius 1 is 1.34 bits per heavy atom. The number of nitrogens with zero attached hydrogens (tertiary/aromatic N) is 3. The maximum Gasteiger partial charge on any atom is 0.262 e. The van der Waals surface area contributed by atoms with Crippen molar-refractivity contribution in [2.45, 2.75) is 38.8 Å². The predicted octanol–water partition coefficient (Wildman–Crippen LogP) is 4.13. The van der Waals surface area contributed by atoms with Crippen molar-refractivity contribution in [1.82, 2.24) is 4.98 Å². The van der Waals surface area contributed by atoms with Crippen molar-refractivity contribution in [3.05, 3.63) is 51.5 Å². The molecule has 1 unspecified atom stereocenters. The normalized spacial score (nSPS) is 19.1. The lowest BCUT2D eigenvalue weighted by molar-refractivity contribution is 0.0378. The first kappa shape index (κ1) is 23.0. The Morgan fingerprint density at radius 2 is 2.12 bits per heavy atom. The quantitative estimate of drug-likeness (QED) is 0.647. The molecule has 0 radical (unpaired) electrons. The van der Waals surface area contributed by atoms with Crippen molar-refractivity contribution in [3.63, 3.8) is 0 Å². The zero-order valence-electron chi connectivity index (χ0n) is 18.3. The summed E-state index contributed by atoms with van der Waals surface area (Å²) in [7, 11) is 0. The summed E-state index contributed by atoms with van der Waals surface area (Å²) in [5.74, 6) is 0.0322. The fourth-order valence-corrected chi connectivity index (χ4v) is 5.19. The number of nitrogens with two attached hydrogens (primary N) is 1. The Morgan fingerprint density at radius 3 is 2.81 bits per heavy atom. The standard InChI is InChI=1S/C23H29ClN4O3S/c1-15-17(6-5-7-18(15)24)14-28(16(2)19-8-3-4-11-31-19)22-20(21(25)29)32-23(26-22)27-9-12-30-13-10-27/h5-7,19H,2-4,8-14H2,1H3,(H2,25,29). The van der Waals surface area contributed by atoms with Crippen LogP contribution >= 0.6 is 22.9 Å². The molecule has 172 valence electrons. The Bertz CT molecular complexity index is 984. The van der Waals surface area contributed by atoms with Crippen LogP contribution in [0, 0.1) is 6.92 Å². The number of anilines is 2. The molecule has 32 heavy (non-hydrogen) atoms. The molecule has 3 heterocycles. The van der Waals surface area contributed by atoms with Gasteiger partial charge in [0.25, 0.3) is 5.91 Å². The first-order valence-electron chi connectivity index (χ1n) is 10.9. The number of carbonyl (C=O) groups excluding carboxylic acids is 1. The largest absolute Gasteiger partial charge is 0.378 e. The number of aromatic nitrogens is 1. The number of rotatable bonds is 7. The molecule has 2 N–H and O–H groups in total. The van der Waals surface area contributed by atoms with E-state index in [4.69, 9.17) is 31.8 Å². The maximum atomic E-state index is 12.4. The summed E-state index contributed by atoms with van der Waals surface area (Å²) in [5.41, 5.74) is 8.60. The van der Waals surface area contributed by atoms with Crippen LogP contribution in [-0.4, -0.2) is 49.9 Å². The van der Waals surface area contributed by atoms with Crippen LogP contribution in [0.15, 0.2) is 30.5 Å². The van der Waals surface area contributed by atoms with E-state index in [2.05, 4.69) is 11.5 Å². The molecule has 9 heteroatoms. The summed E-state index contributed by atoms with van der Waals surface area (Å²) >= 11 is 7.71. The molecule has 0 saturated carbocycles. The molecule has 7 nitrogen and oxygen atoms in total. The number of halogens is 1. The number of amides is 1. The third-order valence-electron chi connectivity index (χ3n) is 5.97. The summed E-state index contributed by atoms with van der Waals surface area (Å²) in [5, 5.41) is 1.46. The lowest BCUT2D eigenvalue weighted by atomic mass is 10.0. The minimum atomic E-state index is -0.498. The van der Waals surface area contributed by atoms with Crippen LogP contribution in [0.1, 0.15) is 40.1 Å². The molecule has 0 spiro atoms. The summed E-state index contributed by atoms with van der Waals surface area (Å²) in [6, 6.07) is 5.83. The van der Waals surface area contributed by atoms with E-state index in [0.717, 1.165) is 54.3 Å². The SMILES string of the molecule is C=C(C1CCCCO1)N(Cc1cccc(Cl)c1C)c1nc(N2CCOCC2)sc1C(N)=O. The van der Waals surface area contributed by atoms with E-state index in [1.165, 1.54) is 11.3 Å². The molecular formula is C23H29ClN4O3S. The molecule has 2 fully saturated rings. The van der Waals surface area contributed by atoms with Gasteiger partial charge < -0.3 is 25.0 Å². The molecule has 1 aromatic carbocycles. The third kappa shape index (κ3) is 4.93. The smallest absolute Gasteiger partial charge is 0.262 e. The van der Waals surface area contributed by atoms with Crippen LogP contribution in [0.3, 0.4) is 0 Å². The van der Waals surface area contributed by atoms with Gasteiger partial charge in [0.1, 0.15) is 4.88 Å². The second-order valence-electron chi connectivity index (χ2n) is 8.07. The number of hydrogen-bond acceptors (Lipinski definition) is 7. The highest BCUT2D eigenvalue weighted by Gasteiger charge is 2.30. The van der Waals surface area contributed by atoms with Gasteiger partial charge in [0.2, 0.25) is 0 Å². The third-order valence-corrected chi connectivity index (χ3v) is 7.49. The number of morpholine rings is 1. The van der Waals surface area contributed by atoms with Gasteiger partial charge in [0, 0.05) is 37.0 Å². The van der Waals surface area contributed by atoms with Gasteiger partial charge in [-0.25, -0.2) is 4.98 Å². The predicted molar refractivity (Wildman–Crippen MR) is 129 cm³/mol. The highest BCUT2D eigenvalue weighted by Crippen LogP contribution is 2.37. The number of benzene rings is 1. The van der Waals surface area contributed by atoms with Crippen molar-refractivity contribution in [1.29, 1.82) is 0 Å². The first-order valence-corrected chi connectivity index (χ1v) is 12.1. The molecule has 1 amide bonds. The molecule has 0 bridgehead atoms. The number of ether oxygens (including phenoxy) is 2. The van der Waals surface area contributed by atoms with E-state index in [1.807, 2.05) is 30.0 Å². The lowest BCUT2D eigenvalue weighted by Crippen LogP contribution is -2.36. The van der Waals surface area contributed by atoms with Crippen LogP contribution in [-0.2, 0) is 16.0 Å². The van der Waals surface area contributed by atoms with Crippen molar-refractivity contribution in [2.24, 2.45) is 5.73 Å². The van der Waals surface area contributed by atoms with Gasteiger partial charge >= 0.3 is 0 Å². The summed E-state index contributed by atoms with van der Waals surface area (Å²) < 4.78 is 11.5. The number of hydrogen-bond donors (Lipinski definition) is 1. The number of primary amides is 1. The first-order chi connectivity index (χ1) is 15.5. The molecule has 2 aromatic rings. The summed E-state index contributed by atoms with van der Waals surface area (Å²) in [4.78, 5) is 21.9. The maximum absolute atomic E-state index is 12.4. The van der Waals surface area contributed by atoms with Gasteiger partial charge in [-0.2, -0.15) is 0 Å². The molecule has 0 aliphatic carbocycles. The minimum Gasteiger partial charge on any atom is -0.378 e. The molecule has 1 aromatic heterocycles. The lowest BCUT2D eigenvalue weighted by Gasteiger charge is -2.33. The number of thiazole rings is 1. The summed E-state index contributed by atoms with van der Waals surface area (Å²) in [6.07, 6.45) is 2.88. The van der Waals surface area contributed by atoms with E-state index >= 15 is 0 Å². The van der Waals surface area contributed by atoms with Gasteiger partial charge in [-0.3, -0.25) is 4.79 Å². The van der Waals surface area contributed by atoms with Gasteiger partial charge in [-0.1, -0.05) is 41.6 Å². The molecule has 2 saturated heterocycles.